The summed E-state index contributed by atoms with van der Waals surface area (Å²) in [6.45, 7) is 19.2. The van der Waals surface area contributed by atoms with E-state index < -0.39 is 0 Å². The number of aliphatic hydroxyl groups is 3. The van der Waals surface area contributed by atoms with Crippen molar-refractivity contribution >= 4 is 0 Å². The lowest BCUT2D eigenvalue weighted by atomic mass is 9.67. The van der Waals surface area contributed by atoms with Crippen molar-refractivity contribution in [3.8, 4) is 0 Å². The maximum atomic E-state index is 10.1. The molecule has 0 amide bonds. The second-order valence-electron chi connectivity index (χ2n) is 13.7. The molecule has 2 aliphatic rings. The number of aliphatic hydroxyl groups excluding tert-OH is 3. The summed E-state index contributed by atoms with van der Waals surface area (Å²) >= 11 is 0. The Hall–Kier alpha value is -2.98. The molecule has 0 spiro atoms. The molecule has 2 rings (SSSR count). The molecule has 0 fully saturated rings. The van der Waals surface area contributed by atoms with Gasteiger partial charge in [0.15, 0.2) is 0 Å². The Bertz CT molecular complexity index is 1290. The Morgan fingerprint density at radius 2 is 1.35 bits per heavy atom. The van der Waals surface area contributed by atoms with E-state index in [1.54, 1.807) is 0 Å². The monoisotopic (exact) mass is 584 g/mol. The highest BCUT2D eigenvalue weighted by atomic mass is 16.3. The van der Waals surface area contributed by atoms with Gasteiger partial charge in [-0.25, -0.2) is 0 Å². The maximum absolute atomic E-state index is 10.1. The molecule has 0 aliphatic heterocycles. The summed E-state index contributed by atoms with van der Waals surface area (Å²) in [5.41, 5.74) is 7.98. The van der Waals surface area contributed by atoms with Crippen LogP contribution in [-0.4, -0.2) is 34.1 Å². The second kappa shape index (κ2) is 16.8. The van der Waals surface area contributed by atoms with Gasteiger partial charge in [0.25, 0.3) is 0 Å². The van der Waals surface area contributed by atoms with Crippen LogP contribution in [0.15, 0.2) is 130 Å². The van der Waals surface area contributed by atoms with E-state index in [1.165, 1.54) is 22.3 Å². The van der Waals surface area contributed by atoms with Gasteiger partial charge < -0.3 is 15.3 Å². The van der Waals surface area contributed by atoms with Gasteiger partial charge in [0, 0.05) is 5.92 Å². The molecule has 0 aromatic carbocycles. The molecule has 3 nitrogen and oxygen atoms in total. The first kappa shape index (κ1) is 36.2. The van der Waals surface area contributed by atoms with Crippen molar-refractivity contribution in [2.75, 3.05) is 6.61 Å². The fourth-order valence-corrected chi connectivity index (χ4v) is 6.20. The Morgan fingerprint density at radius 1 is 0.791 bits per heavy atom. The van der Waals surface area contributed by atoms with Gasteiger partial charge in [-0.05, 0) is 75.9 Å². The van der Waals surface area contributed by atoms with Gasteiger partial charge in [0.05, 0.1) is 18.8 Å². The van der Waals surface area contributed by atoms with Crippen LogP contribution < -0.4 is 0 Å². The van der Waals surface area contributed by atoms with Crippen LogP contribution in [0, 0.1) is 16.7 Å². The highest BCUT2D eigenvalue weighted by molar-refractivity contribution is 5.39. The van der Waals surface area contributed by atoms with Crippen LogP contribution in [0.2, 0.25) is 0 Å². The molecule has 0 radical (unpaired) electrons. The van der Waals surface area contributed by atoms with Gasteiger partial charge in [-0.15, -0.1) is 0 Å². The molecule has 0 unspecified atom stereocenters. The van der Waals surface area contributed by atoms with Crippen molar-refractivity contribution in [1.82, 2.24) is 0 Å². The van der Waals surface area contributed by atoms with Gasteiger partial charge >= 0.3 is 0 Å². The third-order valence-corrected chi connectivity index (χ3v) is 8.41. The van der Waals surface area contributed by atoms with Crippen LogP contribution in [0.3, 0.4) is 0 Å². The summed E-state index contributed by atoms with van der Waals surface area (Å²) in [6.07, 6.45) is 32.6. The van der Waals surface area contributed by atoms with Crippen LogP contribution in [0.25, 0.3) is 0 Å². The number of hydrogen-bond donors (Lipinski definition) is 3. The van der Waals surface area contributed by atoms with Crippen LogP contribution in [0.1, 0.15) is 81.6 Å². The molecular formula is C40H56O3. The van der Waals surface area contributed by atoms with Crippen molar-refractivity contribution < 1.29 is 15.3 Å². The summed E-state index contributed by atoms with van der Waals surface area (Å²) < 4.78 is 0. The van der Waals surface area contributed by atoms with Crippen molar-refractivity contribution in [2.45, 2.75) is 93.8 Å². The largest absolute Gasteiger partial charge is 0.393 e. The van der Waals surface area contributed by atoms with Gasteiger partial charge in [0.2, 0.25) is 0 Å². The van der Waals surface area contributed by atoms with E-state index in [4.69, 9.17) is 0 Å². The van der Waals surface area contributed by atoms with Crippen molar-refractivity contribution in [3.05, 3.63) is 130 Å². The van der Waals surface area contributed by atoms with E-state index in [2.05, 4.69) is 111 Å². The average molecular weight is 585 g/mol. The van der Waals surface area contributed by atoms with Crippen LogP contribution in [0.5, 0.6) is 0 Å². The molecule has 0 aromatic rings. The lowest BCUT2D eigenvalue weighted by Gasteiger charge is -2.38. The zero-order chi connectivity index (χ0) is 32.2. The van der Waals surface area contributed by atoms with E-state index >= 15 is 0 Å². The molecule has 0 aromatic heterocycles. The Balaban J connectivity index is 1.93. The summed E-state index contributed by atoms with van der Waals surface area (Å²) in [6, 6.07) is 0. The van der Waals surface area contributed by atoms with Gasteiger partial charge in [-0.1, -0.05) is 147 Å². The molecule has 0 saturated carbocycles. The first-order valence-electron chi connectivity index (χ1n) is 15.6. The van der Waals surface area contributed by atoms with E-state index in [1.807, 2.05) is 42.5 Å². The number of hydrogen-bond acceptors (Lipinski definition) is 3. The Kier molecular flexibility index (Phi) is 14.1. The molecule has 3 heteroatoms. The molecule has 3 atom stereocenters. The number of rotatable bonds is 11. The lowest BCUT2D eigenvalue weighted by Crippen LogP contribution is -2.32. The Morgan fingerprint density at radius 3 is 1.91 bits per heavy atom. The quantitative estimate of drug-likeness (QED) is 0.167. The van der Waals surface area contributed by atoms with Gasteiger partial charge in [0.1, 0.15) is 0 Å². The van der Waals surface area contributed by atoms with Gasteiger partial charge in [-0.2, -0.15) is 0 Å². The van der Waals surface area contributed by atoms with E-state index in [0.29, 0.717) is 12.3 Å². The van der Waals surface area contributed by atoms with E-state index in [9.17, 15) is 15.3 Å². The topological polar surface area (TPSA) is 60.7 Å². The first-order chi connectivity index (χ1) is 20.1. The minimum absolute atomic E-state index is 0.0256. The predicted octanol–water partition coefficient (Wildman–Crippen LogP) is 9.38. The van der Waals surface area contributed by atoms with Gasteiger partial charge in [-0.3, -0.25) is 0 Å². The fraction of sp³-hybridized carbons (Fsp3) is 0.450. The SMILES string of the molecule is CC1=C[C@@H](O)CC(C)(C)[C@H]1/C=C/C(C)=C/C=C/C(C)=C/C=C/C=C(C)/C=C/C=C(/C=C/C1=C(C)C[C@H](O)CC1(C)C)CO. The average Bonchev–Trinajstić information content (AvgIpc) is 2.87. The highest BCUT2D eigenvalue weighted by Gasteiger charge is 2.34. The van der Waals surface area contributed by atoms with Crippen molar-refractivity contribution in [1.29, 1.82) is 0 Å². The summed E-state index contributed by atoms with van der Waals surface area (Å²) in [4.78, 5) is 0. The minimum atomic E-state index is -0.339. The van der Waals surface area contributed by atoms with Crippen molar-refractivity contribution in [3.63, 3.8) is 0 Å². The van der Waals surface area contributed by atoms with Crippen LogP contribution in [-0.2, 0) is 0 Å². The molecule has 0 saturated heterocycles. The third-order valence-electron chi connectivity index (χ3n) is 8.41. The third kappa shape index (κ3) is 12.3. The maximum Gasteiger partial charge on any atom is 0.0729 e. The minimum Gasteiger partial charge on any atom is -0.393 e. The lowest BCUT2D eigenvalue weighted by molar-refractivity contribution is 0.116. The second-order valence-corrected chi connectivity index (χ2v) is 13.7. The molecule has 234 valence electrons. The van der Waals surface area contributed by atoms with Crippen molar-refractivity contribution in [2.24, 2.45) is 16.7 Å². The van der Waals surface area contributed by atoms with Crippen LogP contribution in [0.4, 0.5) is 0 Å². The molecule has 0 bridgehead atoms. The fourth-order valence-electron chi connectivity index (χ4n) is 6.20. The standard InChI is InChI=1S/C40H56O3/c1-29(16-12-17-31(3)20-22-37-32(4)24-35(42)26-39(37,6)7)14-10-11-15-30(2)18-13-19-34(28-41)21-23-38-33(5)25-36(43)27-40(38,8)9/h10-24,35-37,41-43H,25-28H2,1-9H3/b11-10+,16-12+,18-13+,22-20+,23-21+,29-14+,30-15+,31-17+,34-19-/t35-,36+,37+/m1/s1. The normalized spacial score (nSPS) is 26.2. The zero-order valence-electron chi connectivity index (χ0n) is 28.1. The molecule has 2 aliphatic carbocycles. The molecular weight excluding hydrogens is 528 g/mol. The molecule has 3 N–H and O–H groups in total. The zero-order valence-corrected chi connectivity index (χ0v) is 28.1. The molecule has 43 heavy (non-hydrogen) atoms. The van der Waals surface area contributed by atoms with E-state index in [0.717, 1.165) is 29.6 Å². The summed E-state index contributed by atoms with van der Waals surface area (Å²) in [5.74, 6) is 0.337. The highest BCUT2D eigenvalue weighted by Crippen LogP contribution is 2.42. The number of allylic oxidation sites excluding steroid dienone is 18. The van der Waals surface area contributed by atoms with Crippen LogP contribution >= 0.6 is 0 Å². The predicted molar refractivity (Wildman–Crippen MR) is 186 cm³/mol. The summed E-state index contributed by atoms with van der Waals surface area (Å²) in [7, 11) is 0. The van der Waals surface area contributed by atoms with E-state index in [-0.39, 0.29) is 29.6 Å². The Labute approximate surface area is 262 Å². The first-order valence-corrected chi connectivity index (χ1v) is 15.6. The smallest absolute Gasteiger partial charge is 0.0729 e. The molecule has 0 heterocycles. The summed E-state index contributed by atoms with van der Waals surface area (Å²) in [5, 5.41) is 30.0.